The van der Waals surface area contributed by atoms with E-state index in [1.165, 1.54) is 10.4 Å². The van der Waals surface area contributed by atoms with Crippen molar-refractivity contribution < 1.29 is 0 Å². The average molecular weight is 210 g/mol. The summed E-state index contributed by atoms with van der Waals surface area (Å²) in [4.78, 5) is 3.97. The maximum atomic E-state index is 5.88. The summed E-state index contributed by atoms with van der Waals surface area (Å²) >= 11 is 1.84. The molecule has 0 radical (unpaired) electrons. The number of aryl methyl sites for hydroxylation is 1. The highest BCUT2D eigenvalue weighted by Crippen LogP contribution is 2.19. The fraction of sp³-hybridized carbons (Fsp3) is 0.636. The van der Waals surface area contributed by atoms with Crippen molar-refractivity contribution in [3.05, 3.63) is 21.9 Å². The Kier molecular flexibility index (Phi) is 3.21. The minimum atomic E-state index is 0.440. The van der Waals surface area contributed by atoms with Gasteiger partial charge in [-0.2, -0.15) is 0 Å². The first-order valence-corrected chi connectivity index (χ1v) is 6.14. The molecule has 1 aromatic heterocycles. The van der Waals surface area contributed by atoms with Gasteiger partial charge in [-0.3, -0.25) is 4.90 Å². The second kappa shape index (κ2) is 4.43. The Labute approximate surface area is 89.7 Å². The van der Waals surface area contributed by atoms with E-state index in [0.717, 1.165) is 32.5 Å². The molecular formula is C11H18N2S. The summed E-state index contributed by atoms with van der Waals surface area (Å²) in [6.45, 7) is 5.64. The summed E-state index contributed by atoms with van der Waals surface area (Å²) in [5.41, 5.74) is 7.37. The third-order valence-electron chi connectivity index (χ3n) is 2.99. The Bertz CT molecular complexity index is 287. The van der Waals surface area contributed by atoms with Crippen molar-refractivity contribution in [1.82, 2.24) is 4.90 Å². The van der Waals surface area contributed by atoms with Crippen molar-refractivity contribution in [2.24, 2.45) is 5.73 Å². The number of nitrogens with zero attached hydrogens (tertiary/aromatic N) is 1. The van der Waals surface area contributed by atoms with Crippen molar-refractivity contribution >= 4 is 11.3 Å². The molecule has 2 N–H and O–H groups in total. The Morgan fingerprint density at radius 1 is 1.50 bits per heavy atom. The molecule has 1 aromatic rings. The minimum absolute atomic E-state index is 0.440. The lowest BCUT2D eigenvalue weighted by molar-refractivity contribution is 0.205. The van der Waals surface area contributed by atoms with Crippen LogP contribution in [-0.2, 0) is 6.54 Å². The minimum Gasteiger partial charge on any atom is -0.328 e. The van der Waals surface area contributed by atoms with Gasteiger partial charge in [0.1, 0.15) is 0 Å². The lowest BCUT2D eigenvalue weighted by atomic mass is 10.1. The van der Waals surface area contributed by atoms with E-state index >= 15 is 0 Å². The molecule has 0 atom stereocenters. The van der Waals surface area contributed by atoms with Gasteiger partial charge in [0.15, 0.2) is 0 Å². The van der Waals surface area contributed by atoms with Gasteiger partial charge in [-0.1, -0.05) is 0 Å². The first-order chi connectivity index (χ1) is 6.75. The van der Waals surface area contributed by atoms with E-state index < -0.39 is 0 Å². The summed E-state index contributed by atoms with van der Waals surface area (Å²) in [5.74, 6) is 0. The summed E-state index contributed by atoms with van der Waals surface area (Å²) in [5, 5.41) is 2.18. The molecule has 0 aromatic carbocycles. The first-order valence-electron chi connectivity index (χ1n) is 5.26. The fourth-order valence-electron chi connectivity index (χ4n) is 1.93. The molecule has 0 aliphatic carbocycles. The van der Waals surface area contributed by atoms with Crippen molar-refractivity contribution in [2.75, 3.05) is 13.1 Å². The van der Waals surface area contributed by atoms with E-state index in [1.807, 2.05) is 11.3 Å². The number of piperidine rings is 1. The van der Waals surface area contributed by atoms with Crippen LogP contribution in [0.15, 0.2) is 11.4 Å². The molecule has 2 heterocycles. The zero-order chi connectivity index (χ0) is 9.97. The van der Waals surface area contributed by atoms with Crippen LogP contribution in [0.5, 0.6) is 0 Å². The van der Waals surface area contributed by atoms with E-state index in [4.69, 9.17) is 5.73 Å². The van der Waals surface area contributed by atoms with Crippen molar-refractivity contribution in [3.8, 4) is 0 Å². The predicted molar refractivity (Wildman–Crippen MR) is 61.5 cm³/mol. The molecule has 0 unspecified atom stereocenters. The fourth-order valence-corrected chi connectivity index (χ4v) is 2.65. The van der Waals surface area contributed by atoms with Crippen molar-refractivity contribution in [1.29, 1.82) is 0 Å². The number of nitrogens with two attached hydrogens (primary N) is 1. The Morgan fingerprint density at radius 3 is 2.79 bits per heavy atom. The largest absolute Gasteiger partial charge is 0.328 e. The summed E-state index contributed by atoms with van der Waals surface area (Å²) in [6, 6.07) is 2.68. The van der Waals surface area contributed by atoms with Gasteiger partial charge in [0.25, 0.3) is 0 Å². The van der Waals surface area contributed by atoms with Crippen molar-refractivity contribution in [3.63, 3.8) is 0 Å². The molecular weight excluding hydrogens is 192 g/mol. The number of hydrogen-bond acceptors (Lipinski definition) is 3. The zero-order valence-electron chi connectivity index (χ0n) is 8.70. The standard InChI is InChI=1S/C11H18N2S/c1-9-10(4-7-14-9)8-13-5-2-11(12)3-6-13/h4,7,11H,2-3,5-6,8,12H2,1H3. The number of thiophene rings is 1. The monoisotopic (exact) mass is 210 g/mol. The molecule has 2 rings (SSSR count). The van der Waals surface area contributed by atoms with E-state index in [-0.39, 0.29) is 0 Å². The van der Waals surface area contributed by atoms with Gasteiger partial charge < -0.3 is 5.73 Å². The van der Waals surface area contributed by atoms with Gasteiger partial charge in [-0.15, -0.1) is 11.3 Å². The molecule has 1 fully saturated rings. The van der Waals surface area contributed by atoms with E-state index in [0.29, 0.717) is 6.04 Å². The van der Waals surface area contributed by atoms with Crippen molar-refractivity contribution in [2.45, 2.75) is 32.4 Å². The Hall–Kier alpha value is -0.380. The van der Waals surface area contributed by atoms with Gasteiger partial charge in [0, 0.05) is 17.5 Å². The van der Waals surface area contributed by atoms with E-state index in [9.17, 15) is 0 Å². The highest BCUT2D eigenvalue weighted by atomic mass is 32.1. The molecule has 0 saturated carbocycles. The number of hydrogen-bond donors (Lipinski definition) is 1. The smallest absolute Gasteiger partial charge is 0.0244 e. The second-order valence-corrected chi connectivity index (χ2v) is 5.24. The lowest BCUT2D eigenvalue weighted by Crippen LogP contribution is -2.39. The molecule has 14 heavy (non-hydrogen) atoms. The highest BCUT2D eigenvalue weighted by Gasteiger charge is 2.16. The van der Waals surface area contributed by atoms with E-state index in [2.05, 4.69) is 23.3 Å². The van der Waals surface area contributed by atoms with Crippen LogP contribution in [0.25, 0.3) is 0 Å². The van der Waals surface area contributed by atoms with Crippen LogP contribution in [0.4, 0.5) is 0 Å². The second-order valence-electron chi connectivity index (χ2n) is 4.12. The quantitative estimate of drug-likeness (QED) is 0.809. The number of likely N-dealkylation sites (tertiary alicyclic amines) is 1. The summed E-state index contributed by atoms with van der Waals surface area (Å²) < 4.78 is 0. The molecule has 2 nitrogen and oxygen atoms in total. The molecule has 78 valence electrons. The SMILES string of the molecule is Cc1sccc1CN1CCC(N)CC1. The molecule has 1 saturated heterocycles. The van der Waals surface area contributed by atoms with E-state index in [1.54, 1.807) is 0 Å². The van der Waals surface area contributed by atoms with Crippen LogP contribution in [0, 0.1) is 6.92 Å². The molecule has 0 bridgehead atoms. The lowest BCUT2D eigenvalue weighted by Gasteiger charge is -2.29. The van der Waals surface area contributed by atoms with Crippen LogP contribution in [0.2, 0.25) is 0 Å². The summed E-state index contributed by atoms with van der Waals surface area (Å²) in [6.07, 6.45) is 2.31. The third-order valence-corrected chi connectivity index (χ3v) is 3.88. The predicted octanol–water partition coefficient (Wildman–Crippen LogP) is 1.98. The molecule has 1 aliphatic rings. The van der Waals surface area contributed by atoms with Gasteiger partial charge in [-0.05, 0) is 49.9 Å². The van der Waals surface area contributed by atoms with Crippen LogP contribution in [0.1, 0.15) is 23.3 Å². The van der Waals surface area contributed by atoms with Crippen LogP contribution >= 0.6 is 11.3 Å². The topological polar surface area (TPSA) is 29.3 Å². The van der Waals surface area contributed by atoms with Gasteiger partial charge >= 0.3 is 0 Å². The van der Waals surface area contributed by atoms with Gasteiger partial charge in [0.05, 0.1) is 0 Å². The zero-order valence-corrected chi connectivity index (χ0v) is 9.52. The Balaban J connectivity index is 1.89. The molecule has 0 spiro atoms. The van der Waals surface area contributed by atoms with Gasteiger partial charge in [0.2, 0.25) is 0 Å². The third kappa shape index (κ3) is 2.35. The van der Waals surface area contributed by atoms with Crippen LogP contribution in [-0.4, -0.2) is 24.0 Å². The normalized spacial score (nSPS) is 20.1. The first kappa shape index (κ1) is 10.1. The molecule has 0 amide bonds. The summed E-state index contributed by atoms with van der Waals surface area (Å²) in [7, 11) is 0. The maximum Gasteiger partial charge on any atom is 0.0244 e. The van der Waals surface area contributed by atoms with Crippen LogP contribution in [0.3, 0.4) is 0 Å². The highest BCUT2D eigenvalue weighted by molar-refractivity contribution is 7.10. The Morgan fingerprint density at radius 2 is 2.21 bits per heavy atom. The van der Waals surface area contributed by atoms with Crippen LogP contribution < -0.4 is 5.73 Å². The molecule has 1 aliphatic heterocycles. The van der Waals surface area contributed by atoms with Gasteiger partial charge in [-0.25, -0.2) is 0 Å². The maximum absolute atomic E-state index is 5.88. The average Bonchev–Trinajstić information content (AvgIpc) is 2.56. The molecule has 3 heteroatoms. The number of rotatable bonds is 2.